The van der Waals surface area contributed by atoms with E-state index in [0.29, 0.717) is 12.2 Å². The maximum Gasteiger partial charge on any atom is 0.261 e. The monoisotopic (exact) mass is 430 g/mol. The molecule has 0 aliphatic heterocycles. The zero-order valence-corrected chi connectivity index (χ0v) is 16.6. The molecule has 0 aliphatic rings. The predicted octanol–water partition coefficient (Wildman–Crippen LogP) is 5.17. The molecule has 3 aromatic rings. The molecule has 3 rings (SSSR count). The van der Waals surface area contributed by atoms with Crippen molar-refractivity contribution < 1.29 is 8.42 Å². The van der Waals surface area contributed by atoms with Gasteiger partial charge in [-0.05, 0) is 58.7 Å². The molecule has 2 N–H and O–H groups in total. The molecule has 0 amide bonds. The van der Waals surface area contributed by atoms with Crippen LogP contribution in [0.5, 0.6) is 0 Å². The molecule has 0 radical (unpaired) electrons. The van der Waals surface area contributed by atoms with Gasteiger partial charge < -0.3 is 5.32 Å². The van der Waals surface area contributed by atoms with Crippen LogP contribution in [0.4, 0.5) is 11.4 Å². The van der Waals surface area contributed by atoms with Gasteiger partial charge in [-0.15, -0.1) is 0 Å². The molecule has 4 nitrogen and oxygen atoms in total. The van der Waals surface area contributed by atoms with Crippen LogP contribution >= 0.6 is 15.9 Å². The van der Waals surface area contributed by atoms with Crippen molar-refractivity contribution >= 4 is 37.3 Å². The number of benzene rings is 3. The second-order valence-corrected chi connectivity index (χ2v) is 8.45. The van der Waals surface area contributed by atoms with Crippen molar-refractivity contribution in [2.75, 3.05) is 10.0 Å². The van der Waals surface area contributed by atoms with Crippen LogP contribution in [0, 0.1) is 6.92 Å². The van der Waals surface area contributed by atoms with Gasteiger partial charge >= 0.3 is 0 Å². The van der Waals surface area contributed by atoms with Crippen LogP contribution in [0.25, 0.3) is 0 Å². The molecule has 3 aromatic carbocycles. The Balaban J connectivity index is 1.81. The summed E-state index contributed by atoms with van der Waals surface area (Å²) >= 11 is 3.50. The second kappa shape index (κ2) is 7.93. The first kappa shape index (κ1) is 18.5. The summed E-state index contributed by atoms with van der Waals surface area (Å²) in [5.74, 6) is 0. The van der Waals surface area contributed by atoms with Crippen molar-refractivity contribution in [3.8, 4) is 0 Å². The van der Waals surface area contributed by atoms with Gasteiger partial charge in [-0.3, -0.25) is 4.72 Å². The number of anilines is 2. The minimum absolute atomic E-state index is 0.247. The zero-order valence-electron chi connectivity index (χ0n) is 14.2. The minimum Gasteiger partial charge on any atom is -0.380 e. The molecule has 6 heteroatoms. The van der Waals surface area contributed by atoms with Gasteiger partial charge in [0.2, 0.25) is 0 Å². The summed E-state index contributed by atoms with van der Waals surface area (Å²) in [7, 11) is -3.63. The third-order valence-electron chi connectivity index (χ3n) is 3.94. The highest BCUT2D eigenvalue weighted by atomic mass is 79.9. The number of nitrogens with one attached hydrogen (secondary N) is 2. The van der Waals surface area contributed by atoms with E-state index in [4.69, 9.17) is 0 Å². The molecule has 26 heavy (non-hydrogen) atoms. The van der Waals surface area contributed by atoms with Gasteiger partial charge in [-0.25, -0.2) is 8.42 Å². The van der Waals surface area contributed by atoms with E-state index in [1.165, 1.54) is 0 Å². The molecule has 0 bridgehead atoms. The van der Waals surface area contributed by atoms with Crippen molar-refractivity contribution in [1.29, 1.82) is 0 Å². The Kier molecular flexibility index (Phi) is 5.64. The molecule has 0 fully saturated rings. The largest absolute Gasteiger partial charge is 0.380 e. The third kappa shape index (κ3) is 4.45. The molecular formula is C20H19BrN2O2S. The molecule has 134 valence electrons. The van der Waals surface area contributed by atoms with Crippen molar-refractivity contribution in [2.45, 2.75) is 18.4 Å². The lowest BCUT2D eigenvalue weighted by atomic mass is 10.2. The topological polar surface area (TPSA) is 58.2 Å². The average molecular weight is 431 g/mol. The number of aryl methyl sites for hydroxylation is 1. The first-order valence-corrected chi connectivity index (χ1v) is 10.4. The highest BCUT2D eigenvalue weighted by Gasteiger charge is 2.15. The Morgan fingerprint density at radius 1 is 0.846 bits per heavy atom. The van der Waals surface area contributed by atoms with Gasteiger partial charge in [0.1, 0.15) is 0 Å². The molecule has 0 atom stereocenters. The Morgan fingerprint density at radius 3 is 2.15 bits per heavy atom. The maximum absolute atomic E-state index is 12.7. The highest BCUT2D eigenvalue weighted by Crippen LogP contribution is 2.25. The number of rotatable bonds is 6. The molecule has 0 heterocycles. The van der Waals surface area contributed by atoms with Crippen LogP contribution < -0.4 is 10.0 Å². The van der Waals surface area contributed by atoms with Crippen molar-refractivity contribution in [3.05, 3.63) is 88.4 Å². The molecule has 0 aliphatic carbocycles. The summed E-state index contributed by atoms with van der Waals surface area (Å²) in [6.07, 6.45) is 0. The fraction of sp³-hybridized carbons (Fsp3) is 0.100. The third-order valence-corrected chi connectivity index (χ3v) is 6.01. The lowest BCUT2D eigenvalue weighted by Crippen LogP contribution is -2.15. The number of sulfonamides is 1. The second-order valence-electron chi connectivity index (χ2n) is 5.91. The number of halogens is 1. The van der Waals surface area contributed by atoms with E-state index in [-0.39, 0.29) is 4.90 Å². The van der Waals surface area contributed by atoms with E-state index in [9.17, 15) is 8.42 Å². The fourth-order valence-electron chi connectivity index (χ4n) is 2.49. The molecule has 0 saturated carbocycles. The Hall–Kier alpha value is -2.31. The van der Waals surface area contributed by atoms with Gasteiger partial charge in [-0.1, -0.05) is 48.0 Å². The van der Waals surface area contributed by atoms with E-state index >= 15 is 0 Å². The van der Waals surface area contributed by atoms with Gasteiger partial charge in [-0.2, -0.15) is 0 Å². The van der Waals surface area contributed by atoms with Crippen LogP contribution in [0.1, 0.15) is 11.1 Å². The molecule has 0 aromatic heterocycles. The predicted molar refractivity (Wildman–Crippen MR) is 110 cm³/mol. The van der Waals surface area contributed by atoms with Crippen LogP contribution in [-0.4, -0.2) is 8.42 Å². The van der Waals surface area contributed by atoms with Crippen LogP contribution in [0.15, 0.2) is 82.2 Å². The summed E-state index contributed by atoms with van der Waals surface area (Å²) in [5.41, 5.74) is 3.39. The van der Waals surface area contributed by atoms with E-state index in [2.05, 4.69) is 26.0 Å². The van der Waals surface area contributed by atoms with E-state index < -0.39 is 10.0 Å². The molecular weight excluding hydrogens is 412 g/mol. The maximum atomic E-state index is 12.7. The number of hydrogen-bond acceptors (Lipinski definition) is 3. The number of para-hydroxylation sites is 2. The smallest absolute Gasteiger partial charge is 0.261 e. The Labute approximate surface area is 162 Å². The summed E-state index contributed by atoms with van der Waals surface area (Å²) in [5, 5.41) is 3.32. The van der Waals surface area contributed by atoms with Crippen LogP contribution in [0.3, 0.4) is 0 Å². The number of hydrogen-bond donors (Lipinski definition) is 2. The minimum atomic E-state index is -3.63. The summed E-state index contributed by atoms with van der Waals surface area (Å²) in [4.78, 5) is 0.247. The van der Waals surface area contributed by atoms with Crippen molar-refractivity contribution in [3.63, 3.8) is 0 Å². The van der Waals surface area contributed by atoms with E-state index in [1.807, 2.05) is 49.4 Å². The molecule has 0 unspecified atom stereocenters. The summed E-state index contributed by atoms with van der Waals surface area (Å²) in [6.45, 7) is 2.42. The first-order chi connectivity index (χ1) is 12.5. The van der Waals surface area contributed by atoms with E-state index in [1.54, 1.807) is 30.3 Å². The van der Waals surface area contributed by atoms with Crippen molar-refractivity contribution in [1.82, 2.24) is 0 Å². The molecule has 0 spiro atoms. The first-order valence-electron chi connectivity index (χ1n) is 8.11. The SMILES string of the molecule is Cc1ccc(S(=O)(=O)Nc2ccccc2CNc2ccccc2Br)cc1. The zero-order chi connectivity index (χ0) is 18.6. The summed E-state index contributed by atoms with van der Waals surface area (Å²) < 4.78 is 29.0. The van der Waals surface area contributed by atoms with Gasteiger partial charge in [0, 0.05) is 16.7 Å². The molecule has 0 saturated heterocycles. The lowest BCUT2D eigenvalue weighted by molar-refractivity contribution is 0.601. The van der Waals surface area contributed by atoms with Gasteiger partial charge in [0.25, 0.3) is 10.0 Å². The van der Waals surface area contributed by atoms with E-state index in [0.717, 1.165) is 21.3 Å². The average Bonchev–Trinajstić information content (AvgIpc) is 2.62. The normalized spacial score (nSPS) is 11.2. The summed E-state index contributed by atoms with van der Waals surface area (Å²) in [6, 6.07) is 22.0. The highest BCUT2D eigenvalue weighted by molar-refractivity contribution is 9.10. The van der Waals surface area contributed by atoms with Gasteiger partial charge in [0.05, 0.1) is 10.6 Å². The van der Waals surface area contributed by atoms with Crippen LogP contribution in [0.2, 0.25) is 0 Å². The van der Waals surface area contributed by atoms with Crippen LogP contribution in [-0.2, 0) is 16.6 Å². The Bertz CT molecular complexity index is 1000. The fourth-order valence-corrected chi connectivity index (χ4v) is 4.02. The standard InChI is InChI=1S/C20H19BrN2O2S/c1-15-10-12-17(13-11-15)26(24,25)23-19-8-4-2-6-16(19)14-22-20-9-5-3-7-18(20)21/h2-13,22-23H,14H2,1H3. The Morgan fingerprint density at radius 2 is 1.46 bits per heavy atom. The van der Waals surface area contributed by atoms with Crippen molar-refractivity contribution in [2.24, 2.45) is 0 Å². The lowest BCUT2D eigenvalue weighted by Gasteiger charge is -2.14. The van der Waals surface area contributed by atoms with Gasteiger partial charge in [0.15, 0.2) is 0 Å². The quantitative estimate of drug-likeness (QED) is 0.566.